The van der Waals surface area contributed by atoms with Crippen LogP contribution in [0.15, 0.2) is 48.7 Å². The van der Waals surface area contributed by atoms with Crippen LogP contribution in [0.5, 0.6) is 11.5 Å². The Balaban J connectivity index is 1.24. The number of halogens is 3. The van der Waals surface area contributed by atoms with Crippen molar-refractivity contribution in [3.8, 4) is 11.5 Å². The number of ether oxygens (including phenoxy) is 2. The first-order valence-corrected chi connectivity index (χ1v) is 12.6. The first kappa shape index (κ1) is 27.2. The van der Waals surface area contributed by atoms with Crippen molar-refractivity contribution in [2.24, 2.45) is 0 Å². The minimum Gasteiger partial charge on any atom is -0.484 e. The molecular weight excluding hydrogens is 524 g/mol. The number of hydrogen-bond acceptors (Lipinski definition) is 6. The maximum absolute atomic E-state index is 13.5. The van der Waals surface area contributed by atoms with Crippen LogP contribution in [0.4, 0.5) is 4.39 Å². The summed E-state index contributed by atoms with van der Waals surface area (Å²) in [5, 5.41) is 19.2. The fourth-order valence-electron chi connectivity index (χ4n) is 4.04. The summed E-state index contributed by atoms with van der Waals surface area (Å²) in [4.78, 5) is 25.0. The molecule has 1 heterocycles. The summed E-state index contributed by atoms with van der Waals surface area (Å²) in [7, 11) is 0. The summed E-state index contributed by atoms with van der Waals surface area (Å²) in [6, 6.07) is 8.93. The summed E-state index contributed by atoms with van der Waals surface area (Å²) in [6.45, 7) is 3.79. The Bertz CT molecular complexity index is 1190. The molecule has 0 spiro atoms. The summed E-state index contributed by atoms with van der Waals surface area (Å²) in [5.41, 5.74) is 0.923. The number of carbonyl (C=O) groups excluding carboxylic acids is 2. The van der Waals surface area contributed by atoms with Gasteiger partial charge in [0.05, 0.1) is 11.6 Å². The largest absolute Gasteiger partial charge is 0.484 e. The number of nitrogens with one attached hydrogen (secondary N) is 3. The van der Waals surface area contributed by atoms with Crippen LogP contribution >= 0.6 is 23.2 Å². The van der Waals surface area contributed by atoms with Crippen molar-refractivity contribution in [2.75, 3.05) is 19.8 Å². The molecule has 11 heteroatoms. The van der Waals surface area contributed by atoms with Gasteiger partial charge in [-0.15, -0.1) is 0 Å². The van der Waals surface area contributed by atoms with Gasteiger partial charge in [0.2, 0.25) is 0 Å². The van der Waals surface area contributed by atoms with Gasteiger partial charge in [0.1, 0.15) is 17.3 Å². The molecule has 2 amide bonds. The van der Waals surface area contributed by atoms with Crippen LogP contribution in [0.2, 0.25) is 10.0 Å². The van der Waals surface area contributed by atoms with E-state index in [9.17, 15) is 19.1 Å². The number of fused-ring (bicyclic) bond motifs is 1. The van der Waals surface area contributed by atoms with Gasteiger partial charge in [0, 0.05) is 53.3 Å². The zero-order valence-electron chi connectivity index (χ0n) is 20.0. The molecule has 0 radical (unpaired) electrons. The van der Waals surface area contributed by atoms with Gasteiger partial charge in [-0.3, -0.25) is 9.59 Å². The van der Waals surface area contributed by atoms with E-state index in [0.29, 0.717) is 29.3 Å². The maximum atomic E-state index is 13.5. The molecule has 8 nitrogen and oxygen atoms in total. The molecule has 0 aromatic heterocycles. The van der Waals surface area contributed by atoms with Gasteiger partial charge in [-0.05, 0) is 43.2 Å². The molecule has 4 N–H and O–H groups in total. The van der Waals surface area contributed by atoms with Crippen LogP contribution in [0.25, 0.3) is 0 Å². The van der Waals surface area contributed by atoms with E-state index in [2.05, 4.69) is 22.5 Å². The molecule has 2 aliphatic rings. The van der Waals surface area contributed by atoms with E-state index in [1.165, 1.54) is 12.1 Å². The van der Waals surface area contributed by atoms with Crippen molar-refractivity contribution in [3.63, 3.8) is 0 Å². The fraction of sp³-hybridized carbons (Fsp3) is 0.385. The van der Waals surface area contributed by atoms with Crippen molar-refractivity contribution in [1.82, 2.24) is 16.0 Å². The molecule has 2 atom stereocenters. The van der Waals surface area contributed by atoms with Gasteiger partial charge < -0.3 is 30.5 Å². The van der Waals surface area contributed by atoms with E-state index < -0.39 is 17.8 Å². The van der Waals surface area contributed by atoms with E-state index in [1.807, 2.05) is 6.07 Å². The lowest BCUT2D eigenvalue weighted by atomic mass is 9.94. The lowest BCUT2D eigenvalue weighted by Gasteiger charge is -2.34. The highest BCUT2D eigenvalue weighted by atomic mass is 35.5. The van der Waals surface area contributed by atoms with Crippen LogP contribution in [0.3, 0.4) is 0 Å². The second-order valence-corrected chi connectivity index (χ2v) is 10.1. The molecule has 0 saturated heterocycles. The Morgan fingerprint density at radius 1 is 1.22 bits per heavy atom. The van der Waals surface area contributed by atoms with Crippen LogP contribution in [-0.4, -0.2) is 48.3 Å². The summed E-state index contributed by atoms with van der Waals surface area (Å²) < 4.78 is 24.6. The van der Waals surface area contributed by atoms with Crippen LogP contribution in [0.1, 0.15) is 37.3 Å². The molecule has 2 aromatic carbocycles. The number of amides is 2. The minimum atomic E-state index is -0.778. The monoisotopic (exact) mass is 551 g/mol. The predicted molar refractivity (Wildman–Crippen MR) is 137 cm³/mol. The predicted octanol–water partition coefficient (Wildman–Crippen LogP) is 3.65. The summed E-state index contributed by atoms with van der Waals surface area (Å²) in [5.74, 6) is -0.661. The Hall–Kier alpha value is -2.85. The molecule has 198 valence electrons. The molecule has 37 heavy (non-hydrogen) atoms. The van der Waals surface area contributed by atoms with E-state index in [0.717, 1.165) is 24.5 Å². The summed E-state index contributed by atoms with van der Waals surface area (Å²) in [6.07, 6.45) is 1.59. The van der Waals surface area contributed by atoms with Gasteiger partial charge >= 0.3 is 0 Å². The SMILES string of the molecule is C=C(CCNC(=O)COc1ccc(Cl)c(F)c1)NC(=O)C1CC(NC2(CO)CC2)c2cc(Cl)ccc2O1. The molecule has 2 unspecified atom stereocenters. The maximum Gasteiger partial charge on any atom is 0.265 e. The quantitative estimate of drug-likeness (QED) is 0.339. The molecular formula is C26H28Cl2FN3O5. The van der Waals surface area contributed by atoms with Gasteiger partial charge in [0.15, 0.2) is 12.7 Å². The van der Waals surface area contributed by atoms with Crippen molar-refractivity contribution in [1.29, 1.82) is 0 Å². The van der Waals surface area contributed by atoms with E-state index in [4.69, 9.17) is 32.7 Å². The van der Waals surface area contributed by atoms with Gasteiger partial charge in [-0.25, -0.2) is 4.39 Å². The smallest absolute Gasteiger partial charge is 0.265 e. The lowest BCUT2D eigenvalue weighted by Crippen LogP contribution is -2.46. The standard InChI is InChI=1S/C26H28Cl2FN3O5/c1-15(6-9-30-24(34)13-36-17-3-4-19(28)20(29)11-17)31-25(35)23-12-21(32-26(14-33)7-8-26)18-10-16(27)2-5-22(18)37-23/h2-5,10-11,21,23,32-33H,1,6-9,12-14H2,(H,30,34)(H,31,35). The Kier molecular flexibility index (Phi) is 8.59. The van der Waals surface area contributed by atoms with E-state index in [1.54, 1.807) is 12.1 Å². The van der Waals surface area contributed by atoms with Gasteiger partial charge in [-0.2, -0.15) is 0 Å². The number of aliphatic hydroxyl groups excluding tert-OH is 1. The van der Waals surface area contributed by atoms with Crippen molar-refractivity contribution >= 4 is 35.0 Å². The fourth-order valence-corrected chi connectivity index (χ4v) is 4.34. The number of carbonyl (C=O) groups is 2. The Morgan fingerprint density at radius 2 is 2.00 bits per heavy atom. The van der Waals surface area contributed by atoms with Gasteiger partial charge in [0.25, 0.3) is 11.8 Å². The topological polar surface area (TPSA) is 109 Å². The molecule has 4 rings (SSSR count). The number of benzene rings is 2. The van der Waals surface area contributed by atoms with Crippen LogP contribution in [-0.2, 0) is 9.59 Å². The first-order valence-electron chi connectivity index (χ1n) is 11.9. The number of hydrogen-bond donors (Lipinski definition) is 4. The lowest BCUT2D eigenvalue weighted by molar-refractivity contribution is -0.128. The van der Waals surface area contributed by atoms with Gasteiger partial charge in [-0.1, -0.05) is 29.8 Å². The van der Waals surface area contributed by atoms with Crippen molar-refractivity contribution < 1.29 is 28.6 Å². The zero-order valence-corrected chi connectivity index (χ0v) is 21.5. The molecule has 1 fully saturated rings. The first-order chi connectivity index (χ1) is 17.7. The van der Waals surface area contributed by atoms with Crippen molar-refractivity contribution in [2.45, 2.75) is 43.4 Å². The third-order valence-electron chi connectivity index (χ3n) is 6.31. The normalized spacial score (nSPS) is 19.2. The highest BCUT2D eigenvalue weighted by Gasteiger charge is 2.45. The average molecular weight is 552 g/mol. The van der Waals surface area contributed by atoms with E-state index in [-0.39, 0.29) is 48.0 Å². The Labute approximate surface area is 224 Å². The molecule has 2 aromatic rings. The second kappa shape index (κ2) is 11.7. The second-order valence-electron chi connectivity index (χ2n) is 9.22. The van der Waals surface area contributed by atoms with Crippen LogP contribution < -0.4 is 25.4 Å². The third-order valence-corrected chi connectivity index (χ3v) is 6.85. The molecule has 0 bridgehead atoms. The minimum absolute atomic E-state index is 0.0152. The number of aliphatic hydroxyl groups is 1. The molecule has 1 aliphatic heterocycles. The summed E-state index contributed by atoms with van der Waals surface area (Å²) >= 11 is 11.8. The number of rotatable bonds is 11. The molecule has 1 aliphatic carbocycles. The van der Waals surface area contributed by atoms with E-state index >= 15 is 0 Å². The highest BCUT2D eigenvalue weighted by Crippen LogP contribution is 2.42. The molecule has 1 saturated carbocycles. The Morgan fingerprint density at radius 3 is 2.70 bits per heavy atom. The average Bonchev–Trinajstić information content (AvgIpc) is 3.64. The third kappa shape index (κ3) is 7.13. The zero-order chi connectivity index (χ0) is 26.6. The highest BCUT2D eigenvalue weighted by molar-refractivity contribution is 6.31. The van der Waals surface area contributed by atoms with Crippen LogP contribution in [0, 0.1) is 5.82 Å². The van der Waals surface area contributed by atoms with Crippen molar-refractivity contribution in [3.05, 3.63) is 70.1 Å².